The smallest absolute Gasteiger partial charge is 0.139 e. The van der Waals surface area contributed by atoms with Gasteiger partial charge in [0.05, 0.1) is 11.8 Å². The fourth-order valence-corrected chi connectivity index (χ4v) is 1.66. The minimum atomic E-state index is 0.208. The first kappa shape index (κ1) is 7.38. The van der Waals surface area contributed by atoms with E-state index in [1.165, 1.54) is 0 Å². The molecule has 3 nitrogen and oxygen atoms in total. The monoisotopic (exact) mass is 185 g/mol. The van der Waals surface area contributed by atoms with Crippen molar-refractivity contribution in [2.45, 2.75) is 0 Å². The van der Waals surface area contributed by atoms with Crippen LogP contribution in [0.4, 0.5) is 0 Å². The molecule has 2 aromatic heterocycles. The number of hydrogen-bond acceptors (Lipinski definition) is 3. The molecule has 1 aromatic carbocycles. The summed E-state index contributed by atoms with van der Waals surface area (Å²) in [5.74, 6) is 0.208. The molecule has 2 heterocycles. The Morgan fingerprint density at radius 1 is 1.21 bits per heavy atom. The molecule has 3 aromatic rings. The molecule has 0 saturated heterocycles. The van der Waals surface area contributed by atoms with Crippen molar-refractivity contribution in [3.05, 3.63) is 36.7 Å². The van der Waals surface area contributed by atoms with E-state index < -0.39 is 0 Å². The van der Waals surface area contributed by atoms with Crippen molar-refractivity contribution in [2.24, 2.45) is 0 Å². The van der Waals surface area contributed by atoms with E-state index in [0.29, 0.717) is 5.58 Å². The molecule has 0 aliphatic carbocycles. The van der Waals surface area contributed by atoms with Gasteiger partial charge in [0.15, 0.2) is 0 Å². The normalized spacial score (nSPS) is 11.1. The predicted octanol–water partition coefficient (Wildman–Crippen LogP) is 2.69. The van der Waals surface area contributed by atoms with Gasteiger partial charge in [0.1, 0.15) is 11.3 Å². The zero-order valence-electron chi connectivity index (χ0n) is 7.27. The van der Waals surface area contributed by atoms with Crippen molar-refractivity contribution < 1.29 is 9.52 Å². The van der Waals surface area contributed by atoms with E-state index in [-0.39, 0.29) is 5.75 Å². The summed E-state index contributed by atoms with van der Waals surface area (Å²) >= 11 is 0. The maximum Gasteiger partial charge on any atom is 0.139 e. The lowest BCUT2D eigenvalue weighted by Crippen LogP contribution is -1.75. The van der Waals surface area contributed by atoms with E-state index in [4.69, 9.17) is 4.42 Å². The van der Waals surface area contributed by atoms with Crippen LogP contribution in [0.1, 0.15) is 0 Å². The fraction of sp³-hybridized carbons (Fsp3) is 0. The summed E-state index contributed by atoms with van der Waals surface area (Å²) < 4.78 is 5.27. The van der Waals surface area contributed by atoms with Gasteiger partial charge >= 0.3 is 0 Å². The van der Waals surface area contributed by atoms with Crippen LogP contribution in [-0.2, 0) is 0 Å². The van der Waals surface area contributed by atoms with E-state index in [1.807, 2.05) is 12.1 Å². The van der Waals surface area contributed by atoms with Crippen LogP contribution in [0.2, 0.25) is 0 Å². The largest absolute Gasteiger partial charge is 0.507 e. The van der Waals surface area contributed by atoms with Gasteiger partial charge in [-0.25, -0.2) is 0 Å². The van der Waals surface area contributed by atoms with Crippen LogP contribution in [-0.4, -0.2) is 10.1 Å². The first-order valence-electron chi connectivity index (χ1n) is 4.30. The van der Waals surface area contributed by atoms with Gasteiger partial charge in [0.25, 0.3) is 0 Å². The Labute approximate surface area is 79.6 Å². The summed E-state index contributed by atoms with van der Waals surface area (Å²) in [7, 11) is 0. The zero-order chi connectivity index (χ0) is 9.54. The number of aromatic nitrogens is 1. The molecule has 0 amide bonds. The molecular weight excluding hydrogens is 178 g/mol. The Kier molecular flexibility index (Phi) is 1.31. The maximum absolute atomic E-state index is 9.66. The van der Waals surface area contributed by atoms with Gasteiger partial charge in [-0.3, -0.25) is 4.98 Å². The third-order valence-electron chi connectivity index (χ3n) is 2.30. The van der Waals surface area contributed by atoms with E-state index in [1.54, 1.807) is 24.6 Å². The zero-order valence-corrected chi connectivity index (χ0v) is 7.27. The third-order valence-corrected chi connectivity index (χ3v) is 2.30. The fourth-order valence-electron chi connectivity index (χ4n) is 1.66. The molecule has 0 unspecified atom stereocenters. The number of phenolic OH excluding ortho intramolecular Hbond substituents is 1. The summed E-state index contributed by atoms with van der Waals surface area (Å²) in [6.45, 7) is 0. The first-order valence-corrected chi connectivity index (χ1v) is 4.30. The van der Waals surface area contributed by atoms with Gasteiger partial charge in [-0.15, -0.1) is 0 Å². The van der Waals surface area contributed by atoms with Crippen LogP contribution in [0.15, 0.2) is 41.1 Å². The van der Waals surface area contributed by atoms with Crippen LogP contribution in [0, 0.1) is 0 Å². The molecule has 0 spiro atoms. The lowest BCUT2D eigenvalue weighted by atomic mass is 10.1. The van der Waals surface area contributed by atoms with Crippen molar-refractivity contribution in [1.82, 2.24) is 4.98 Å². The second-order valence-corrected chi connectivity index (χ2v) is 3.13. The second kappa shape index (κ2) is 2.48. The van der Waals surface area contributed by atoms with E-state index in [2.05, 4.69) is 4.98 Å². The average Bonchev–Trinajstić information content (AvgIpc) is 2.67. The van der Waals surface area contributed by atoms with E-state index in [0.717, 1.165) is 16.3 Å². The number of hydrogen-bond donors (Lipinski definition) is 1. The molecule has 0 radical (unpaired) electrons. The standard InChI is InChI=1S/C11H7NO2/c13-9-6-10-8(2-1-5-14-10)11-7(9)3-4-12-11/h1-6,13H. The molecule has 14 heavy (non-hydrogen) atoms. The minimum Gasteiger partial charge on any atom is -0.507 e. The van der Waals surface area contributed by atoms with Crippen molar-refractivity contribution in [1.29, 1.82) is 0 Å². The Morgan fingerprint density at radius 2 is 2.14 bits per heavy atom. The molecule has 0 atom stereocenters. The van der Waals surface area contributed by atoms with Gasteiger partial charge in [-0.05, 0) is 18.2 Å². The van der Waals surface area contributed by atoms with Crippen LogP contribution < -0.4 is 0 Å². The Balaban J connectivity index is 2.66. The molecule has 0 aliphatic heterocycles. The molecule has 68 valence electrons. The Bertz CT molecular complexity index is 613. The molecule has 3 rings (SSSR count). The first-order chi connectivity index (χ1) is 6.86. The molecule has 0 saturated carbocycles. The van der Waals surface area contributed by atoms with Crippen molar-refractivity contribution in [2.75, 3.05) is 0 Å². The summed E-state index contributed by atoms with van der Waals surface area (Å²) in [5, 5.41) is 11.3. The second-order valence-electron chi connectivity index (χ2n) is 3.13. The number of aromatic hydroxyl groups is 1. The molecule has 0 fully saturated rings. The van der Waals surface area contributed by atoms with Crippen LogP contribution in [0.5, 0.6) is 5.75 Å². The van der Waals surface area contributed by atoms with Gasteiger partial charge in [0, 0.05) is 23.0 Å². The highest BCUT2D eigenvalue weighted by Crippen LogP contribution is 2.31. The molecular formula is C11H7NO2. The van der Waals surface area contributed by atoms with Crippen LogP contribution >= 0.6 is 0 Å². The van der Waals surface area contributed by atoms with Crippen molar-refractivity contribution in [3.63, 3.8) is 0 Å². The van der Waals surface area contributed by atoms with Crippen LogP contribution in [0.3, 0.4) is 0 Å². The van der Waals surface area contributed by atoms with Crippen molar-refractivity contribution >= 4 is 21.9 Å². The Morgan fingerprint density at radius 3 is 3.07 bits per heavy atom. The highest BCUT2D eigenvalue weighted by Gasteiger charge is 2.07. The lowest BCUT2D eigenvalue weighted by Gasteiger charge is -1.99. The quantitative estimate of drug-likeness (QED) is 0.585. The number of fused-ring (bicyclic) bond motifs is 3. The minimum absolute atomic E-state index is 0.208. The Hall–Kier alpha value is -2.03. The van der Waals surface area contributed by atoms with Crippen LogP contribution in [0.25, 0.3) is 21.9 Å². The summed E-state index contributed by atoms with van der Waals surface area (Å²) in [4.78, 5) is 4.19. The number of benzene rings is 1. The van der Waals surface area contributed by atoms with Gasteiger partial charge in [-0.1, -0.05) is 0 Å². The number of phenols is 1. The highest BCUT2D eigenvalue weighted by molar-refractivity contribution is 6.06. The highest BCUT2D eigenvalue weighted by atomic mass is 16.3. The predicted molar refractivity (Wildman–Crippen MR) is 53.2 cm³/mol. The summed E-state index contributed by atoms with van der Waals surface area (Å²) in [6.07, 6.45) is 3.26. The third kappa shape index (κ3) is 0.836. The number of nitrogens with zero attached hydrogens (tertiary/aromatic N) is 1. The average molecular weight is 185 g/mol. The van der Waals surface area contributed by atoms with E-state index >= 15 is 0 Å². The molecule has 0 bridgehead atoms. The van der Waals surface area contributed by atoms with Gasteiger partial charge in [0.2, 0.25) is 0 Å². The number of rotatable bonds is 0. The lowest BCUT2D eigenvalue weighted by molar-refractivity contribution is 0.480. The van der Waals surface area contributed by atoms with Crippen molar-refractivity contribution in [3.8, 4) is 5.75 Å². The molecule has 1 N–H and O–H groups in total. The molecule has 3 heteroatoms. The SMILES string of the molecule is Oc1cc2occcc2c2nccc12. The topological polar surface area (TPSA) is 46.3 Å². The molecule has 0 aliphatic rings. The maximum atomic E-state index is 9.66. The van der Waals surface area contributed by atoms with Gasteiger partial charge in [-0.2, -0.15) is 0 Å². The summed E-state index contributed by atoms with van der Waals surface area (Å²) in [5.41, 5.74) is 1.43. The van der Waals surface area contributed by atoms with Gasteiger partial charge < -0.3 is 9.52 Å². The summed E-state index contributed by atoms with van der Waals surface area (Å²) in [6, 6.07) is 7.14. The van der Waals surface area contributed by atoms with E-state index in [9.17, 15) is 5.11 Å².